The van der Waals surface area contributed by atoms with Gasteiger partial charge in [-0.25, -0.2) is 9.78 Å². The summed E-state index contributed by atoms with van der Waals surface area (Å²) in [6, 6.07) is 0. The molecule has 0 aromatic carbocycles. The number of carbonyl (C=O) groups excluding carboxylic acids is 1. The van der Waals surface area contributed by atoms with Crippen LogP contribution < -0.4 is 0 Å². The molecule has 0 aliphatic rings. The molecule has 0 aliphatic heterocycles. The SMILES string of the molecule is CCCCC(CC)COOOC(=O)OOOCC(C)(C)C. The highest BCUT2D eigenvalue weighted by atomic mass is 17.6. The summed E-state index contributed by atoms with van der Waals surface area (Å²) in [6.07, 6.45) is 3.07. The van der Waals surface area contributed by atoms with Crippen LogP contribution in [0.4, 0.5) is 4.79 Å². The van der Waals surface area contributed by atoms with Gasteiger partial charge >= 0.3 is 6.16 Å². The van der Waals surface area contributed by atoms with Gasteiger partial charge in [0, 0.05) is 0 Å². The highest BCUT2D eigenvalue weighted by Crippen LogP contribution is 2.14. The van der Waals surface area contributed by atoms with Gasteiger partial charge in [0.15, 0.2) is 0 Å². The van der Waals surface area contributed by atoms with Crippen LogP contribution in [0.2, 0.25) is 0 Å². The minimum atomic E-state index is -1.20. The molecule has 0 amide bonds. The summed E-state index contributed by atoms with van der Waals surface area (Å²) in [5.41, 5.74) is -0.111. The van der Waals surface area contributed by atoms with Crippen molar-refractivity contribution in [1.82, 2.24) is 0 Å². The first-order valence-electron chi connectivity index (χ1n) is 7.35. The number of carbonyl (C=O) groups is 1. The lowest BCUT2D eigenvalue weighted by Gasteiger charge is -2.15. The second-order valence-corrected chi connectivity index (χ2v) is 6.08. The minimum absolute atomic E-state index is 0.111. The Balaban J connectivity index is 3.52. The number of hydrogen-bond acceptors (Lipinski definition) is 7. The fourth-order valence-electron chi connectivity index (χ4n) is 1.34. The molecule has 0 aromatic heterocycles. The minimum Gasteiger partial charge on any atom is -0.226 e. The van der Waals surface area contributed by atoms with Gasteiger partial charge < -0.3 is 0 Å². The van der Waals surface area contributed by atoms with Gasteiger partial charge in [0.05, 0.1) is 13.2 Å². The van der Waals surface area contributed by atoms with E-state index in [-0.39, 0.29) is 12.0 Å². The molecule has 0 saturated heterocycles. The van der Waals surface area contributed by atoms with Gasteiger partial charge in [0.25, 0.3) is 0 Å². The molecule has 0 spiro atoms. The lowest BCUT2D eigenvalue weighted by molar-refractivity contribution is -0.530. The van der Waals surface area contributed by atoms with Gasteiger partial charge in [0.1, 0.15) is 0 Å². The van der Waals surface area contributed by atoms with Crippen molar-refractivity contribution in [1.29, 1.82) is 0 Å². The Labute approximate surface area is 126 Å². The van der Waals surface area contributed by atoms with E-state index in [1.165, 1.54) is 0 Å². The van der Waals surface area contributed by atoms with Gasteiger partial charge in [-0.05, 0) is 27.8 Å². The molecular weight excluding hydrogens is 280 g/mol. The molecular formula is C14H28O7. The van der Waals surface area contributed by atoms with Crippen LogP contribution in [0.15, 0.2) is 0 Å². The van der Waals surface area contributed by atoms with Crippen molar-refractivity contribution in [2.24, 2.45) is 11.3 Å². The van der Waals surface area contributed by atoms with E-state index < -0.39 is 6.16 Å². The number of rotatable bonds is 11. The third-order valence-corrected chi connectivity index (χ3v) is 2.64. The summed E-state index contributed by atoms with van der Waals surface area (Å²) < 4.78 is 0. The highest BCUT2D eigenvalue weighted by Gasteiger charge is 2.14. The van der Waals surface area contributed by atoms with E-state index >= 15 is 0 Å². The number of hydrogen-bond donors (Lipinski definition) is 0. The van der Waals surface area contributed by atoms with Crippen molar-refractivity contribution in [2.75, 3.05) is 13.2 Å². The van der Waals surface area contributed by atoms with Crippen molar-refractivity contribution in [3.8, 4) is 0 Å². The van der Waals surface area contributed by atoms with Crippen molar-refractivity contribution in [3.63, 3.8) is 0 Å². The summed E-state index contributed by atoms with van der Waals surface area (Å²) in [4.78, 5) is 28.8. The molecule has 1 unspecified atom stereocenters. The van der Waals surface area contributed by atoms with Gasteiger partial charge in [-0.2, -0.15) is 14.6 Å². The van der Waals surface area contributed by atoms with E-state index in [0.717, 1.165) is 25.7 Å². The Hall–Kier alpha value is -0.890. The van der Waals surface area contributed by atoms with Crippen molar-refractivity contribution in [2.45, 2.75) is 60.3 Å². The molecule has 7 nitrogen and oxygen atoms in total. The standard InChI is InChI=1S/C14H28O7/c1-6-8-9-12(7-2)10-16-20-18-13(15)19-21-17-11-14(3,4)5/h12H,6-11H2,1-5H3. The second-order valence-electron chi connectivity index (χ2n) is 6.08. The Morgan fingerprint density at radius 2 is 1.67 bits per heavy atom. The highest BCUT2D eigenvalue weighted by molar-refractivity contribution is 5.57. The molecule has 0 saturated carbocycles. The predicted molar refractivity (Wildman–Crippen MR) is 74.4 cm³/mol. The lowest BCUT2D eigenvalue weighted by Crippen LogP contribution is -2.17. The van der Waals surface area contributed by atoms with Crippen LogP contribution >= 0.6 is 0 Å². The van der Waals surface area contributed by atoms with E-state index in [0.29, 0.717) is 12.5 Å². The molecule has 0 fully saturated rings. The molecule has 0 aromatic rings. The maximum Gasteiger partial charge on any atom is 0.577 e. The quantitative estimate of drug-likeness (QED) is 0.323. The maximum absolute atomic E-state index is 11.0. The molecule has 0 radical (unpaired) electrons. The first kappa shape index (κ1) is 20.1. The average molecular weight is 308 g/mol. The molecule has 21 heavy (non-hydrogen) atoms. The Kier molecular flexibility index (Phi) is 11.2. The normalized spacial score (nSPS) is 13.0. The van der Waals surface area contributed by atoms with Crippen LogP contribution in [0, 0.1) is 11.3 Å². The molecule has 0 aliphatic carbocycles. The third kappa shape index (κ3) is 13.8. The van der Waals surface area contributed by atoms with E-state index in [9.17, 15) is 4.79 Å². The van der Waals surface area contributed by atoms with Crippen LogP contribution in [0.5, 0.6) is 0 Å². The molecule has 0 N–H and O–H groups in total. The Bertz CT molecular complexity index is 263. The smallest absolute Gasteiger partial charge is 0.226 e. The zero-order chi connectivity index (χ0) is 16.1. The van der Waals surface area contributed by atoms with E-state index in [1.807, 2.05) is 20.8 Å². The van der Waals surface area contributed by atoms with Crippen LogP contribution in [0.25, 0.3) is 0 Å². The van der Waals surface area contributed by atoms with Gasteiger partial charge in [-0.15, -0.1) is 0 Å². The first-order valence-corrected chi connectivity index (χ1v) is 7.35. The van der Waals surface area contributed by atoms with Crippen molar-refractivity contribution >= 4 is 6.16 Å². The summed E-state index contributed by atoms with van der Waals surface area (Å²) in [6.45, 7) is 10.6. The van der Waals surface area contributed by atoms with Crippen LogP contribution in [-0.4, -0.2) is 19.4 Å². The Morgan fingerprint density at radius 1 is 1.05 bits per heavy atom. The van der Waals surface area contributed by atoms with E-state index in [1.54, 1.807) is 0 Å². The predicted octanol–water partition coefficient (Wildman–Crippen LogP) is 4.13. The van der Waals surface area contributed by atoms with Crippen molar-refractivity contribution < 1.29 is 34.4 Å². The summed E-state index contributed by atoms with van der Waals surface area (Å²) in [7, 11) is 0. The zero-order valence-corrected chi connectivity index (χ0v) is 13.7. The Morgan fingerprint density at radius 3 is 2.19 bits per heavy atom. The van der Waals surface area contributed by atoms with Gasteiger partial charge in [0.2, 0.25) is 0 Å². The van der Waals surface area contributed by atoms with Crippen LogP contribution in [0.1, 0.15) is 60.3 Å². The topological polar surface area (TPSA) is 72.5 Å². The zero-order valence-electron chi connectivity index (χ0n) is 13.7. The fraction of sp³-hybridized carbons (Fsp3) is 0.929. The summed E-state index contributed by atoms with van der Waals surface area (Å²) >= 11 is 0. The largest absolute Gasteiger partial charge is 0.577 e. The van der Waals surface area contributed by atoms with E-state index in [4.69, 9.17) is 4.89 Å². The summed E-state index contributed by atoms with van der Waals surface area (Å²) in [5.74, 6) is 0.371. The molecule has 0 bridgehead atoms. The monoisotopic (exact) mass is 308 g/mol. The summed E-state index contributed by atoms with van der Waals surface area (Å²) in [5, 5.41) is 8.51. The fourth-order valence-corrected chi connectivity index (χ4v) is 1.34. The molecule has 1 atom stereocenters. The molecule has 0 rings (SSSR count). The maximum atomic E-state index is 11.0. The van der Waals surface area contributed by atoms with Crippen LogP contribution in [-0.2, 0) is 29.6 Å². The molecule has 0 heterocycles. The lowest BCUT2D eigenvalue weighted by atomic mass is 9.99. The number of unbranched alkanes of at least 4 members (excludes halogenated alkanes) is 1. The van der Waals surface area contributed by atoms with E-state index in [2.05, 4.69) is 38.6 Å². The first-order chi connectivity index (χ1) is 9.89. The average Bonchev–Trinajstić information content (AvgIpc) is 2.42. The molecule has 7 heteroatoms. The third-order valence-electron chi connectivity index (χ3n) is 2.64. The van der Waals surface area contributed by atoms with Gasteiger partial charge in [-0.3, -0.25) is 0 Å². The second kappa shape index (κ2) is 11.7. The van der Waals surface area contributed by atoms with Gasteiger partial charge in [-0.1, -0.05) is 53.9 Å². The molecule has 126 valence electrons. The van der Waals surface area contributed by atoms with Crippen molar-refractivity contribution in [3.05, 3.63) is 0 Å². The van der Waals surface area contributed by atoms with Crippen LogP contribution in [0.3, 0.4) is 0 Å².